The molecule has 2 heterocycles. The summed E-state index contributed by atoms with van der Waals surface area (Å²) in [5, 5.41) is 3.46. The first-order valence-corrected chi connectivity index (χ1v) is 5.82. The van der Waals surface area contributed by atoms with Crippen molar-refractivity contribution in [1.82, 2.24) is 10.3 Å². The Hall–Kier alpha value is -0.870. The molecule has 0 amide bonds. The van der Waals surface area contributed by atoms with Gasteiger partial charge in [0.1, 0.15) is 0 Å². The summed E-state index contributed by atoms with van der Waals surface area (Å²) in [7, 11) is 1.90. The van der Waals surface area contributed by atoms with Gasteiger partial charge in [-0.15, -0.1) is 0 Å². The van der Waals surface area contributed by atoms with E-state index in [1.54, 1.807) is 0 Å². The highest BCUT2D eigenvalue weighted by molar-refractivity contribution is 6.30. The molecule has 1 aromatic heterocycles. The summed E-state index contributed by atoms with van der Waals surface area (Å²) in [4.78, 5) is 6.10. The van der Waals surface area contributed by atoms with E-state index in [4.69, 9.17) is 11.6 Å². The first-order chi connectivity index (χ1) is 7.72. The van der Waals surface area contributed by atoms with Gasteiger partial charge in [0, 0.05) is 25.3 Å². The normalized spacial score (nSPS) is 20.4. The third kappa shape index (κ3) is 2.28. The highest BCUT2D eigenvalue weighted by Crippen LogP contribution is 2.26. The van der Waals surface area contributed by atoms with E-state index < -0.39 is 0 Å². The van der Waals surface area contributed by atoms with Crippen molar-refractivity contribution in [3.05, 3.63) is 23.1 Å². The molecule has 0 aliphatic carbocycles. The van der Waals surface area contributed by atoms with Gasteiger partial charge >= 0.3 is 0 Å². The molecule has 1 atom stereocenters. The van der Waals surface area contributed by atoms with Crippen LogP contribution >= 0.6 is 11.6 Å². The minimum absolute atomic E-state index is 0.327. The Morgan fingerprint density at radius 1 is 1.69 bits per heavy atom. The van der Waals surface area contributed by atoms with Gasteiger partial charge in [-0.1, -0.05) is 11.6 Å². The average Bonchev–Trinajstić information content (AvgIpc) is 2.67. The number of pyridine rings is 1. The number of rotatable bonds is 3. The van der Waals surface area contributed by atoms with Gasteiger partial charge in [-0.3, -0.25) is 0 Å². The lowest BCUT2D eigenvalue weighted by atomic mass is 10.2. The maximum Gasteiger partial charge on any atom is 0.167 e. The number of likely N-dealkylation sites (N-methyl/N-ethyl adjacent to an activating group) is 1. The molecule has 88 valence electrons. The van der Waals surface area contributed by atoms with Crippen molar-refractivity contribution in [2.75, 3.05) is 25.0 Å². The van der Waals surface area contributed by atoms with E-state index in [0.29, 0.717) is 16.9 Å². The van der Waals surface area contributed by atoms with Crippen molar-refractivity contribution in [2.45, 2.75) is 18.9 Å². The fourth-order valence-corrected chi connectivity index (χ4v) is 2.33. The molecular weight excluding hydrogens is 229 g/mol. The molecule has 0 aromatic carbocycles. The molecule has 3 nitrogen and oxygen atoms in total. The first-order valence-electron chi connectivity index (χ1n) is 5.44. The first kappa shape index (κ1) is 11.6. The van der Waals surface area contributed by atoms with E-state index in [1.807, 2.05) is 11.9 Å². The fourth-order valence-electron chi connectivity index (χ4n) is 2.18. The number of aromatic nitrogens is 1. The van der Waals surface area contributed by atoms with Crippen LogP contribution in [0.3, 0.4) is 0 Å². The number of hydrogen-bond donors (Lipinski definition) is 1. The van der Waals surface area contributed by atoms with Crippen LogP contribution in [-0.4, -0.2) is 31.2 Å². The minimum atomic E-state index is -0.337. The van der Waals surface area contributed by atoms with E-state index in [0.717, 1.165) is 25.9 Å². The van der Waals surface area contributed by atoms with Crippen molar-refractivity contribution in [1.29, 1.82) is 0 Å². The quantitative estimate of drug-likeness (QED) is 0.881. The summed E-state index contributed by atoms with van der Waals surface area (Å²) in [5.41, 5.74) is 0. The molecule has 0 saturated carbocycles. The molecule has 1 saturated heterocycles. The zero-order valence-electron chi connectivity index (χ0n) is 9.21. The van der Waals surface area contributed by atoms with Crippen molar-refractivity contribution in [2.24, 2.45) is 0 Å². The number of halogens is 2. The lowest BCUT2D eigenvalue weighted by Gasteiger charge is -2.25. The lowest BCUT2D eigenvalue weighted by Crippen LogP contribution is -2.37. The molecule has 1 aliphatic rings. The Morgan fingerprint density at radius 2 is 2.50 bits per heavy atom. The van der Waals surface area contributed by atoms with Gasteiger partial charge in [0.25, 0.3) is 0 Å². The average molecular weight is 244 g/mol. The Bertz CT molecular complexity index is 372. The van der Waals surface area contributed by atoms with Crippen molar-refractivity contribution >= 4 is 17.4 Å². The molecular formula is C11H15ClFN3. The Labute approximate surface area is 99.6 Å². The van der Waals surface area contributed by atoms with Crippen LogP contribution in [0, 0.1) is 5.82 Å². The molecule has 1 unspecified atom stereocenters. The predicted octanol–water partition coefficient (Wildman–Crippen LogP) is 2.06. The molecule has 16 heavy (non-hydrogen) atoms. The molecule has 1 fully saturated rings. The second kappa shape index (κ2) is 4.97. The van der Waals surface area contributed by atoms with E-state index in [9.17, 15) is 4.39 Å². The molecule has 1 aliphatic heterocycles. The van der Waals surface area contributed by atoms with E-state index >= 15 is 0 Å². The minimum Gasteiger partial charge on any atom is -0.350 e. The Balaban J connectivity index is 2.22. The monoisotopic (exact) mass is 243 g/mol. The van der Waals surface area contributed by atoms with Crippen LogP contribution in [0.5, 0.6) is 0 Å². The number of nitrogens with zero attached hydrogens (tertiary/aromatic N) is 2. The summed E-state index contributed by atoms with van der Waals surface area (Å²) in [6.45, 7) is 1.71. The van der Waals surface area contributed by atoms with Crippen LogP contribution in [0.1, 0.15) is 12.8 Å². The third-order valence-electron chi connectivity index (χ3n) is 2.88. The van der Waals surface area contributed by atoms with Gasteiger partial charge in [-0.25, -0.2) is 9.37 Å². The summed E-state index contributed by atoms with van der Waals surface area (Å²) >= 11 is 5.69. The largest absolute Gasteiger partial charge is 0.350 e. The number of nitrogens with one attached hydrogen (secondary N) is 1. The number of hydrogen-bond acceptors (Lipinski definition) is 3. The van der Waals surface area contributed by atoms with Crippen LogP contribution in [0.4, 0.5) is 10.2 Å². The van der Waals surface area contributed by atoms with Crippen LogP contribution < -0.4 is 10.2 Å². The van der Waals surface area contributed by atoms with Crippen LogP contribution in [0.25, 0.3) is 0 Å². The van der Waals surface area contributed by atoms with Gasteiger partial charge in [-0.05, 0) is 26.0 Å². The van der Waals surface area contributed by atoms with Gasteiger partial charge in [0.2, 0.25) is 0 Å². The molecule has 0 radical (unpaired) electrons. The van der Waals surface area contributed by atoms with Gasteiger partial charge in [0.15, 0.2) is 11.6 Å². The molecule has 0 bridgehead atoms. The van der Waals surface area contributed by atoms with Crippen LogP contribution in [0.15, 0.2) is 12.3 Å². The molecule has 1 N–H and O–H groups in total. The smallest absolute Gasteiger partial charge is 0.167 e. The summed E-state index contributed by atoms with van der Waals surface area (Å²) < 4.78 is 13.7. The second-order valence-corrected chi connectivity index (χ2v) is 4.44. The summed E-state index contributed by atoms with van der Waals surface area (Å²) in [6, 6.07) is 1.65. The van der Waals surface area contributed by atoms with Gasteiger partial charge < -0.3 is 10.2 Å². The van der Waals surface area contributed by atoms with Crippen molar-refractivity contribution < 1.29 is 4.39 Å². The SMILES string of the molecule is CNCC1CCCN1c1ncc(Cl)cc1F. The maximum atomic E-state index is 13.7. The lowest BCUT2D eigenvalue weighted by molar-refractivity contribution is 0.578. The standard InChI is InChI=1S/C11H15ClFN3/c1-14-7-9-3-2-4-16(9)11-10(13)5-8(12)6-15-11/h5-6,9,14H,2-4,7H2,1H3. The predicted molar refractivity (Wildman–Crippen MR) is 63.5 cm³/mol. The molecule has 1 aromatic rings. The van der Waals surface area contributed by atoms with Crippen LogP contribution in [-0.2, 0) is 0 Å². The topological polar surface area (TPSA) is 28.2 Å². The zero-order valence-corrected chi connectivity index (χ0v) is 9.97. The van der Waals surface area contributed by atoms with E-state index in [2.05, 4.69) is 10.3 Å². The third-order valence-corrected chi connectivity index (χ3v) is 3.08. The van der Waals surface area contributed by atoms with E-state index in [1.165, 1.54) is 12.3 Å². The van der Waals surface area contributed by atoms with Crippen LogP contribution in [0.2, 0.25) is 5.02 Å². The van der Waals surface area contributed by atoms with Gasteiger partial charge in [0.05, 0.1) is 5.02 Å². The Morgan fingerprint density at radius 3 is 3.19 bits per heavy atom. The van der Waals surface area contributed by atoms with E-state index in [-0.39, 0.29) is 5.82 Å². The summed E-state index contributed by atoms with van der Waals surface area (Å²) in [5.74, 6) is 0.0812. The molecule has 2 rings (SSSR count). The maximum absolute atomic E-state index is 13.7. The molecule has 0 spiro atoms. The Kier molecular flexibility index (Phi) is 3.61. The molecule has 5 heteroatoms. The fraction of sp³-hybridized carbons (Fsp3) is 0.545. The number of anilines is 1. The van der Waals surface area contributed by atoms with Crippen molar-refractivity contribution in [3.63, 3.8) is 0 Å². The summed E-state index contributed by atoms with van der Waals surface area (Å²) in [6.07, 6.45) is 3.65. The highest BCUT2D eigenvalue weighted by Gasteiger charge is 2.27. The second-order valence-electron chi connectivity index (χ2n) is 4.01. The van der Waals surface area contributed by atoms with Gasteiger partial charge in [-0.2, -0.15) is 0 Å². The van der Waals surface area contributed by atoms with Crippen molar-refractivity contribution in [3.8, 4) is 0 Å². The zero-order chi connectivity index (χ0) is 11.5. The highest BCUT2D eigenvalue weighted by atomic mass is 35.5.